The van der Waals surface area contributed by atoms with Gasteiger partial charge in [0.15, 0.2) is 0 Å². The van der Waals surface area contributed by atoms with Gasteiger partial charge in [-0.15, -0.1) is 0 Å². The Morgan fingerprint density at radius 3 is 2.32 bits per heavy atom. The molecule has 2 atom stereocenters. The molecular formula is C25H31N3O5S. The van der Waals surface area contributed by atoms with Crippen molar-refractivity contribution in [1.29, 1.82) is 0 Å². The summed E-state index contributed by atoms with van der Waals surface area (Å²) in [7, 11) is -3.91. The SMILES string of the molecule is CC[C@H](C)NC(=O)[C@H](C)N(Cc1ccccc1)C(=O)CCCN1C(=O)c2ccccc2S1(=O)=O. The topological polar surface area (TPSA) is 104 Å². The van der Waals surface area contributed by atoms with Gasteiger partial charge in [0.1, 0.15) is 10.9 Å². The van der Waals surface area contributed by atoms with Crippen LogP contribution in [-0.4, -0.2) is 54.0 Å². The Kier molecular flexibility index (Phi) is 8.09. The Hall–Kier alpha value is -3.20. The van der Waals surface area contributed by atoms with Crippen molar-refractivity contribution >= 4 is 27.7 Å². The molecule has 8 nitrogen and oxygen atoms in total. The first-order chi connectivity index (χ1) is 16.2. The van der Waals surface area contributed by atoms with Gasteiger partial charge in [0.25, 0.3) is 15.9 Å². The van der Waals surface area contributed by atoms with Crippen molar-refractivity contribution in [3.63, 3.8) is 0 Å². The molecule has 34 heavy (non-hydrogen) atoms. The number of carbonyl (C=O) groups excluding carboxylic acids is 3. The summed E-state index contributed by atoms with van der Waals surface area (Å²) in [5.74, 6) is -1.10. The Bertz CT molecular complexity index is 1150. The largest absolute Gasteiger partial charge is 0.352 e. The number of carbonyl (C=O) groups is 3. The first-order valence-corrected chi connectivity index (χ1v) is 12.9. The molecule has 3 rings (SSSR count). The van der Waals surface area contributed by atoms with Crippen LogP contribution in [0.15, 0.2) is 59.5 Å². The summed E-state index contributed by atoms with van der Waals surface area (Å²) in [5, 5.41) is 2.91. The van der Waals surface area contributed by atoms with Crippen LogP contribution in [0.5, 0.6) is 0 Å². The average Bonchev–Trinajstić information content (AvgIpc) is 3.03. The fourth-order valence-electron chi connectivity index (χ4n) is 3.80. The number of fused-ring (bicyclic) bond motifs is 1. The van der Waals surface area contributed by atoms with E-state index < -0.39 is 22.0 Å². The van der Waals surface area contributed by atoms with Gasteiger partial charge in [-0.3, -0.25) is 14.4 Å². The van der Waals surface area contributed by atoms with Gasteiger partial charge >= 0.3 is 0 Å². The maximum Gasteiger partial charge on any atom is 0.269 e. The predicted octanol–water partition coefficient (Wildman–Crippen LogP) is 2.94. The van der Waals surface area contributed by atoms with Gasteiger partial charge in [-0.2, -0.15) is 0 Å². The molecule has 9 heteroatoms. The molecule has 1 heterocycles. The molecule has 0 unspecified atom stereocenters. The molecule has 0 aromatic heterocycles. The molecule has 0 fully saturated rings. The van der Waals surface area contributed by atoms with E-state index >= 15 is 0 Å². The first-order valence-electron chi connectivity index (χ1n) is 11.5. The quantitative estimate of drug-likeness (QED) is 0.557. The molecule has 2 aromatic carbocycles. The molecule has 0 bridgehead atoms. The van der Waals surface area contributed by atoms with Crippen LogP contribution in [0, 0.1) is 0 Å². The number of hydrogen-bond donors (Lipinski definition) is 1. The molecular weight excluding hydrogens is 454 g/mol. The Labute approximate surface area is 201 Å². The summed E-state index contributed by atoms with van der Waals surface area (Å²) in [4.78, 5) is 40.0. The van der Waals surface area contributed by atoms with Crippen LogP contribution >= 0.6 is 0 Å². The van der Waals surface area contributed by atoms with Crippen molar-refractivity contribution in [2.75, 3.05) is 6.54 Å². The maximum atomic E-state index is 13.2. The second kappa shape index (κ2) is 10.8. The van der Waals surface area contributed by atoms with Crippen molar-refractivity contribution in [2.24, 2.45) is 0 Å². The number of hydrogen-bond acceptors (Lipinski definition) is 5. The zero-order valence-corrected chi connectivity index (χ0v) is 20.5. The van der Waals surface area contributed by atoms with Crippen LogP contribution in [0.4, 0.5) is 0 Å². The summed E-state index contributed by atoms with van der Waals surface area (Å²) in [6, 6.07) is 14.7. The van der Waals surface area contributed by atoms with Crippen LogP contribution in [0.2, 0.25) is 0 Å². The normalized spacial score (nSPS) is 16.0. The van der Waals surface area contributed by atoms with E-state index in [1.165, 1.54) is 17.0 Å². The fourth-order valence-corrected chi connectivity index (χ4v) is 5.41. The van der Waals surface area contributed by atoms with E-state index in [-0.39, 0.29) is 54.2 Å². The molecule has 1 aliphatic heterocycles. The number of nitrogens with one attached hydrogen (secondary N) is 1. The van der Waals surface area contributed by atoms with Gasteiger partial charge in [0.05, 0.1) is 5.56 Å². The van der Waals surface area contributed by atoms with E-state index in [4.69, 9.17) is 0 Å². The van der Waals surface area contributed by atoms with Crippen LogP contribution in [0.3, 0.4) is 0 Å². The molecule has 3 amide bonds. The highest BCUT2D eigenvalue weighted by atomic mass is 32.2. The molecule has 0 radical (unpaired) electrons. The van der Waals surface area contributed by atoms with Crippen LogP contribution in [0.25, 0.3) is 0 Å². The molecule has 0 saturated heterocycles. The lowest BCUT2D eigenvalue weighted by molar-refractivity contribution is -0.141. The minimum atomic E-state index is -3.91. The van der Waals surface area contributed by atoms with Crippen molar-refractivity contribution in [1.82, 2.24) is 14.5 Å². The lowest BCUT2D eigenvalue weighted by atomic mass is 10.1. The lowest BCUT2D eigenvalue weighted by Crippen LogP contribution is -2.49. The van der Waals surface area contributed by atoms with Gasteiger partial charge in [0, 0.05) is 25.6 Å². The van der Waals surface area contributed by atoms with Gasteiger partial charge in [-0.25, -0.2) is 12.7 Å². The number of sulfonamides is 1. The lowest BCUT2D eigenvalue weighted by Gasteiger charge is -2.30. The van der Waals surface area contributed by atoms with E-state index in [0.29, 0.717) is 0 Å². The smallest absolute Gasteiger partial charge is 0.269 e. The summed E-state index contributed by atoms with van der Waals surface area (Å²) in [5.41, 5.74) is 1.03. The second-order valence-corrected chi connectivity index (χ2v) is 10.3. The summed E-state index contributed by atoms with van der Waals surface area (Å²) >= 11 is 0. The zero-order chi connectivity index (χ0) is 24.9. The Morgan fingerprint density at radius 2 is 1.68 bits per heavy atom. The van der Waals surface area contributed by atoms with Crippen molar-refractivity contribution < 1.29 is 22.8 Å². The molecule has 1 aliphatic rings. The predicted molar refractivity (Wildman–Crippen MR) is 128 cm³/mol. The highest BCUT2D eigenvalue weighted by Crippen LogP contribution is 2.30. The van der Waals surface area contributed by atoms with Crippen LogP contribution in [-0.2, 0) is 26.2 Å². The highest BCUT2D eigenvalue weighted by molar-refractivity contribution is 7.90. The Morgan fingerprint density at radius 1 is 1.03 bits per heavy atom. The second-order valence-electron chi connectivity index (χ2n) is 8.48. The van der Waals surface area contributed by atoms with E-state index in [2.05, 4.69) is 5.32 Å². The van der Waals surface area contributed by atoms with Crippen LogP contribution < -0.4 is 5.32 Å². The summed E-state index contributed by atoms with van der Waals surface area (Å²) in [6.45, 7) is 5.70. The van der Waals surface area contributed by atoms with Crippen LogP contribution in [0.1, 0.15) is 56.0 Å². The molecule has 1 N–H and O–H groups in total. The van der Waals surface area contributed by atoms with E-state index in [1.54, 1.807) is 19.1 Å². The number of nitrogens with zero attached hydrogens (tertiary/aromatic N) is 2. The van der Waals surface area contributed by atoms with E-state index in [9.17, 15) is 22.8 Å². The van der Waals surface area contributed by atoms with Gasteiger partial charge in [0.2, 0.25) is 11.8 Å². The van der Waals surface area contributed by atoms with Gasteiger partial charge in [-0.05, 0) is 44.4 Å². The fraction of sp³-hybridized carbons (Fsp3) is 0.400. The van der Waals surface area contributed by atoms with E-state index in [0.717, 1.165) is 16.3 Å². The molecule has 0 spiro atoms. The van der Waals surface area contributed by atoms with E-state index in [1.807, 2.05) is 44.2 Å². The zero-order valence-electron chi connectivity index (χ0n) is 19.7. The third kappa shape index (κ3) is 5.47. The van der Waals surface area contributed by atoms with Crippen molar-refractivity contribution in [3.8, 4) is 0 Å². The number of amides is 3. The number of rotatable bonds is 10. The highest BCUT2D eigenvalue weighted by Gasteiger charge is 2.40. The van der Waals surface area contributed by atoms with Gasteiger partial charge in [-0.1, -0.05) is 49.4 Å². The minimum Gasteiger partial charge on any atom is -0.352 e. The molecule has 182 valence electrons. The first kappa shape index (κ1) is 25.4. The third-order valence-corrected chi connectivity index (χ3v) is 7.87. The summed E-state index contributed by atoms with van der Waals surface area (Å²) in [6.07, 6.45) is 0.929. The monoisotopic (exact) mass is 485 g/mol. The molecule has 0 aliphatic carbocycles. The third-order valence-electron chi connectivity index (χ3n) is 6.03. The van der Waals surface area contributed by atoms with Gasteiger partial charge < -0.3 is 10.2 Å². The Balaban J connectivity index is 1.69. The maximum absolute atomic E-state index is 13.2. The molecule has 2 aromatic rings. The average molecular weight is 486 g/mol. The number of benzene rings is 2. The standard InChI is InChI=1S/C25H31N3O5S/c1-4-18(2)26-24(30)19(3)27(17-20-11-6-5-7-12-20)23(29)15-10-16-28-25(31)21-13-8-9-14-22(21)34(28,32)33/h5-9,11-14,18-19H,4,10,15-17H2,1-3H3,(H,26,30)/t18-,19-/m0/s1. The molecule has 0 saturated carbocycles. The minimum absolute atomic E-state index is 0.00340. The van der Waals surface area contributed by atoms with Crippen molar-refractivity contribution in [3.05, 3.63) is 65.7 Å². The van der Waals surface area contributed by atoms with Crippen molar-refractivity contribution in [2.45, 2.75) is 63.6 Å². The summed E-state index contributed by atoms with van der Waals surface area (Å²) < 4.78 is 26.3.